The molecular weight excluding hydrogens is 426 g/mol. The van der Waals surface area contributed by atoms with Gasteiger partial charge >= 0.3 is 6.03 Å². The molecule has 0 N–H and O–H groups in total. The van der Waals surface area contributed by atoms with Gasteiger partial charge in [-0.3, -0.25) is 14.6 Å². The Labute approximate surface area is 202 Å². The normalized spacial score (nSPS) is 21.4. The number of piperidine rings is 1. The fraction of sp³-hybridized carbons (Fsp3) is 0.500. The summed E-state index contributed by atoms with van der Waals surface area (Å²) in [6.07, 6.45) is 6.66. The van der Waals surface area contributed by atoms with Gasteiger partial charge in [0, 0.05) is 32.2 Å². The predicted octanol–water partition coefficient (Wildman–Crippen LogP) is 4.61. The van der Waals surface area contributed by atoms with Gasteiger partial charge in [-0.05, 0) is 67.9 Å². The van der Waals surface area contributed by atoms with Crippen molar-refractivity contribution in [3.63, 3.8) is 0 Å². The second-order valence-corrected chi connectivity index (χ2v) is 10.6. The first-order valence-electron chi connectivity index (χ1n) is 12.5. The zero-order valence-electron chi connectivity index (χ0n) is 20.5. The summed E-state index contributed by atoms with van der Waals surface area (Å²) in [5.41, 5.74) is 3.05. The molecule has 3 aliphatic rings. The van der Waals surface area contributed by atoms with Crippen molar-refractivity contribution in [2.24, 2.45) is 5.92 Å². The lowest BCUT2D eigenvalue weighted by atomic mass is 9.85. The Balaban J connectivity index is 1.33. The summed E-state index contributed by atoms with van der Waals surface area (Å²) in [5, 5.41) is 0. The van der Waals surface area contributed by atoms with E-state index in [0.29, 0.717) is 25.3 Å². The molecule has 0 unspecified atom stereocenters. The minimum Gasteiger partial charge on any atom is -0.465 e. The van der Waals surface area contributed by atoms with E-state index in [4.69, 9.17) is 4.42 Å². The fourth-order valence-corrected chi connectivity index (χ4v) is 5.98. The molecule has 1 spiro atoms. The van der Waals surface area contributed by atoms with E-state index in [9.17, 15) is 9.59 Å². The molecule has 6 nitrogen and oxygen atoms in total. The van der Waals surface area contributed by atoms with Crippen LogP contribution in [-0.2, 0) is 17.6 Å². The van der Waals surface area contributed by atoms with E-state index >= 15 is 0 Å². The lowest BCUT2D eigenvalue weighted by molar-refractivity contribution is -0.137. The number of benzene rings is 1. The molecular formula is C28H35N3O3. The maximum absolute atomic E-state index is 14.0. The minimum atomic E-state index is -0.703. The Morgan fingerprint density at radius 1 is 1.09 bits per heavy atom. The van der Waals surface area contributed by atoms with Crippen LogP contribution in [0.5, 0.6) is 0 Å². The number of carbonyl (C=O) groups excluding carboxylic acids is 2. The molecule has 0 bridgehead atoms. The summed E-state index contributed by atoms with van der Waals surface area (Å²) >= 11 is 0. The minimum absolute atomic E-state index is 0.0263. The molecule has 6 heteroatoms. The SMILES string of the molecule is C/C(=C\c1ccco1)CN1CCC2(CC1)C(=O)N(C1Cc3ccccc3C1)C(=O)N2CC(C)C. The monoisotopic (exact) mass is 461 g/mol. The molecule has 2 saturated heterocycles. The second kappa shape index (κ2) is 9.06. The number of urea groups is 1. The van der Waals surface area contributed by atoms with Crippen LogP contribution in [0.25, 0.3) is 6.08 Å². The molecule has 1 aliphatic carbocycles. The smallest absolute Gasteiger partial charge is 0.327 e. The average Bonchev–Trinajstić information content (AvgIpc) is 3.51. The third kappa shape index (κ3) is 4.09. The molecule has 180 valence electrons. The van der Waals surface area contributed by atoms with E-state index in [-0.39, 0.29) is 18.0 Å². The predicted molar refractivity (Wildman–Crippen MR) is 132 cm³/mol. The number of carbonyl (C=O) groups is 2. The van der Waals surface area contributed by atoms with Crippen LogP contribution in [0.2, 0.25) is 0 Å². The van der Waals surface area contributed by atoms with Gasteiger partial charge in [0.1, 0.15) is 11.3 Å². The lowest BCUT2D eigenvalue weighted by Gasteiger charge is -2.42. The molecule has 2 aromatic rings. The van der Waals surface area contributed by atoms with E-state index in [1.807, 2.05) is 29.2 Å². The third-order valence-corrected chi connectivity index (χ3v) is 7.60. The van der Waals surface area contributed by atoms with Gasteiger partial charge in [-0.2, -0.15) is 0 Å². The van der Waals surface area contributed by atoms with Crippen LogP contribution in [0.1, 0.15) is 50.5 Å². The van der Waals surface area contributed by atoms with Crippen molar-refractivity contribution in [1.82, 2.24) is 14.7 Å². The molecule has 2 aliphatic heterocycles. The van der Waals surface area contributed by atoms with Crippen molar-refractivity contribution >= 4 is 18.0 Å². The Morgan fingerprint density at radius 2 is 1.76 bits per heavy atom. The van der Waals surface area contributed by atoms with Crippen LogP contribution in [0.3, 0.4) is 0 Å². The third-order valence-electron chi connectivity index (χ3n) is 7.60. The van der Waals surface area contributed by atoms with E-state index < -0.39 is 5.54 Å². The molecule has 0 radical (unpaired) electrons. The van der Waals surface area contributed by atoms with Gasteiger partial charge in [0.25, 0.3) is 5.91 Å². The highest BCUT2D eigenvalue weighted by atomic mass is 16.3. The number of fused-ring (bicyclic) bond motifs is 1. The van der Waals surface area contributed by atoms with Crippen LogP contribution >= 0.6 is 0 Å². The van der Waals surface area contributed by atoms with Gasteiger partial charge in [0.15, 0.2) is 0 Å². The largest absolute Gasteiger partial charge is 0.465 e. The molecule has 2 fully saturated rings. The molecule has 1 aromatic carbocycles. The molecule has 1 aromatic heterocycles. The van der Waals surface area contributed by atoms with Crippen LogP contribution in [-0.4, -0.2) is 64.4 Å². The van der Waals surface area contributed by atoms with Crippen molar-refractivity contribution < 1.29 is 14.0 Å². The zero-order valence-corrected chi connectivity index (χ0v) is 20.5. The first-order valence-corrected chi connectivity index (χ1v) is 12.5. The Hall–Kier alpha value is -2.86. The maximum Gasteiger partial charge on any atom is 0.327 e. The van der Waals surface area contributed by atoms with Crippen molar-refractivity contribution in [3.8, 4) is 0 Å². The average molecular weight is 462 g/mol. The maximum atomic E-state index is 14.0. The number of furan rings is 1. The van der Waals surface area contributed by atoms with Gasteiger partial charge < -0.3 is 9.32 Å². The molecule has 0 atom stereocenters. The summed E-state index contributed by atoms with van der Waals surface area (Å²) < 4.78 is 5.44. The summed E-state index contributed by atoms with van der Waals surface area (Å²) in [5.74, 6) is 1.20. The van der Waals surface area contributed by atoms with E-state index in [2.05, 4.69) is 43.9 Å². The number of hydrogen-bond acceptors (Lipinski definition) is 4. The zero-order chi connectivity index (χ0) is 23.9. The van der Waals surface area contributed by atoms with Gasteiger partial charge in [-0.1, -0.05) is 43.7 Å². The summed E-state index contributed by atoms with van der Waals surface area (Å²) in [6.45, 7) is 9.42. The molecule has 5 rings (SSSR count). The highest BCUT2D eigenvalue weighted by Crippen LogP contribution is 2.41. The number of likely N-dealkylation sites (tertiary alicyclic amines) is 1. The van der Waals surface area contributed by atoms with Crippen LogP contribution < -0.4 is 0 Å². The Kier molecular flexibility index (Phi) is 6.11. The number of nitrogens with zero attached hydrogens (tertiary/aromatic N) is 3. The van der Waals surface area contributed by atoms with Crippen molar-refractivity contribution in [2.75, 3.05) is 26.2 Å². The molecule has 3 amide bonds. The van der Waals surface area contributed by atoms with Gasteiger partial charge in [-0.15, -0.1) is 0 Å². The summed E-state index contributed by atoms with van der Waals surface area (Å²) in [4.78, 5) is 33.6. The highest BCUT2D eigenvalue weighted by molar-refractivity contribution is 6.07. The van der Waals surface area contributed by atoms with E-state index in [0.717, 1.165) is 38.2 Å². The van der Waals surface area contributed by atoms with E-state index in [1.165, 1.54) is 16.7 Å². The Bertz CT molecular complexity index is 1060. The summed E-state index contributed by atoms with van der Waals surface area (Å²) in [7, 11) is 0. The first kappa shape index (κ1) is 22.9. The van der Waals surface area contributed by atoms with Gasteiger partial charge in [0.05, 0.1) is 6.26 Å². The molecule has 0 saturated carbocycles. The van der Waals surface area contributed by atoms with Crippen LogP contribution in [0.4, 0.5) is 4.79 Å². The molecule has 34 heavy (non-hydrogen) atoms. The second-order valence-electron chi connectivity index (χ2n) is 10.6. The first-order chi connectivity index (χ1) is 16.4. The van der Waals surface area contributed by atoms with Gasteiger partial charge in [-0.25, -0.2) is 4.79 Å². The Morgan fingerprint density at radius 3 is 2.35 bits per heavy atom. The number of amides is 3. The molecule has 3 heterocycles. The topological polar surface area (TPSA) is 57.0 Å². The number of hydrogen-bond donors (Lipinski definition) is 0. The summed E-state index contributed by atoms with van der Waals surface area (Å²) in [6, 6.07) is 12.0. The van der Waals surface area contributed by atoms with Gasteiger partial charge in [0.2, 0.25) is 0 Å². The highest BCUT2D eigenvalue weighted by Gasteiger charge is 2.59. The van der Waals surface area contributed by atoms with Crippen LogP contribution in [0, 0.1) is 5.92 Å². The fourth-order valence-electron chi connectivity index (χ4n) is 5.98. The van der Waals surface area contributed by atoms with Crippen molar-refractivity contribution in [3.05, 3.63) is 65.1 Å². The van der Waals surface area contributed by atoms with Crippen molar-refractivity contribution in [2.45, 2.75) is 58.0 Å². The van der Waals surface area contributed by atoms with E-state index in [1.54, 1.807) is 11.2 Å². The van der Waals surface area contributed by atoms with Crippen LogP contribution in [0.15, 0.2) is 52.7 Å². The quantitative estimate of drug-likeness (QED) is 0.590. The number of imide groups is 1. The standard InChI is InChI=1S/C28H35N3O3/c1-20(2)18-30-27(33)31(24-16-22-7-4-5-8-23(22)17-24)26(32)28(30)10-12-29(13-11-28)19-21(3)15-25-9-6-14-34-25/h4-9,14-15,20,24H,10-13,16-19H2,1-3H3/b21-15+. The lowest BCUT2D eigenvalue weighted by Crippen LogP contribution is -2.57. The van der Waals surface area contributed by atoms with Crippen molar-refractivity contribution in [1.29, 1.82) is 0 Å². The number of rotatable bonds is 6.